The van der Waals surface area contributed by atoms with Gasteiger partial charge in [0.15, 0.2) is 0 Å². The molecule has 19 heavy (non-hydrogen) atoms. The van der Waals surface area contributed by atoms with Crippen LogP contribution in [-0.2, 0) is 0 Å². The van der Waals surface area contributed by atoms with E-state index in [9.17, 15) is 13.2 Å². The topological polar surface area (TPSA) is 15.3 Å². The lowest BCUT2D eigenvalue weighted by Crippen LogP contribution is -2.40. The van der Waals surface area contributed by atoms with Crippen LogP contribution in [0.2, 0.25) is 0 Å². The zero-order chi connectivity index (χ0) is 14.5. The first-order valence-corrected chi connectivity index (χ1v) is 6.35. The third-order valence-corrected chi connectivity index (χ3v) is 2.86. The predicted octanol–water partition coefficient (Wildman–Crippen LogP) is 3.22. The molecule has 0 heterocycles. The first kappa shape index (κ1) is 16.0. The summed E-state index contributed by atoms with van der Waals surface area (Å²) in [7, 11) is 1.51. The van der Waals surface area contributed by atoms with Gasteiger partial charge in [-0.15, -0.1) is 0 Å². The van der Waals surface area contributed by atoms with Crippen molar-refractivity contribution < 1.29 is 13.2 Å². The molecule has 1 aromatic carbocycles. The molecule has 0 aromatic heterocycles. The van der Waals surface area contributed by atoms with E-state index in [0.717, 1.165) is 5.56 Å². The Kier molecular flexibility index (Phi) is 5.82. The van der Waals surface area contributed by atoms with Gasteiger partial charge >= 0.3 is 6.18 Å². The van der Waals surface area contributed by atoms with Crippen molar-refractivity contribution in [2.45, 2.75) is 32.1 Å². The summed E-state index contributed by atoms with van der Waals surface area (Å²) in [4.78, 5) is 1.34. The number of hydrogen-bond acceptors (Lipinski definition) is 2. The zero-order valence-corrected chi connectivity index (χ0v) is 11.5. The first-order valence-electron chi connectivity index (χ1n) is 6.35. The second-order valence-electron chi connectivity index (χ2n) is 5.02. The summed E-state index contributed by atoms with van der Waals surface area (Å²) >= 11 is 0. The molecule has 108 valence electrons. The average molecular weight is 274 g/mol. The maximum absolute atomic E-state index is 12.5. The Hall–Kier alpha value is -1.07. The fourth-order valence-corrected chi connectivity index (χ4v) is 1.94. The quantitative estimate of drug-likeness (QED) is 0.857. The minimum Gasteiger partial charge on any atom is -0.313 e. The van der Waals surface area contributed by atoms with E-state index in [1.165, 1.54) is 11.9 Å². The zero-order valence-electron chi connectivity index (χ0n) is 11.5. The highest BCUT2D eigenvalue weighted by atomic mass is 19.4. The molecule has 0 saturated carbocycles. The van der Waals surface area contributed by atoms with Gasteiger partial charge in [0.25, 0.3) is 0 Å². The van der Waals surface area contributed by atoms with Crippen LogP contribution < -0.4 is 5.32 Å². The van der Waals surface area contributed by atoms with Gasteiger partial charge in [0.1, 0.15) is 0 Å². The summed E-state index contributed by atoms with van der Waals surface area (Å²) in [5, 5.41) is 3.20. The largest absolute Gasteiger partial charge is 0.401 e. The van der Waals surface area contributed by atoms with E-state index in [1.807, 2.05) is 44.2 Å². The van der Waals surface area contributed by atoms with E-state index in [0.29, 0.717) is 6.54 Å². The molecule has 2 nitrogen and oxygen atoms in total. The standard InChI is InChI=1S/C14H21F3N2/c1-11(2)18-9-13(12-7-5-4-6-8-12)19(3)10-14(15,16)17/h4-8,11,13,18H,9-10H2,1-3H3. The number of benzene rings is 1. The van der Waals surface area contributed by atoms with E-state index in [2.05, 4.69) is 5.32 Å². The molecule has 0 radical (unpaired) electrons. The lowest BCUT2D eigenvalue weighted by atomic mass is 10.1. The normalized spacial score (nSPS) is 14.1. The van der Waals surface area contributed by atoms with Crippen LogP contribution in [0.1, 0.15) is 25.5 Å². The van der Waals surface area contributed by atoms with Crippen molar-refractivity contribution in [1.82, 2.24) is 10.2 Å². The van der Waals surface area contributed by atoms with Crippen LogP contribution in [0.3, 0.4) is 0 Å². The van der Waals surface area contributed by atoms with Gasteiger partial charge in [-0.2, -0.15) is 13.2 Å². The van der Waals surface area contributed by atoms with Crippen LogP contribution in [0.25, 0.3) is 0 Å². The van der Waals surface area contributed by atoms with Crippen LogP contribution >= 0.6 is 0 Å². The van der Waals surface area contributed by atoms with Crippen LogP contribution in [0.15, 0.2) is 30.3 Å². The molecule has 1 aromatic rings. The summed E-state index contributed by atoms with van der Waals surface area (Å²) in [6.45, 7) is 3.54. The molecule has 0 fully saturated rings. The van der Waals surface area contributed by atoms with Crippen LogP contribution in [-0.4, -0.2) is 37.3 Å². The number of likely N-dealkylation sites (N-methyl/N-ethyl adjacent to an activating group) is 1. The van der Waals surface area contributed by atoms with Crippen molar-refractivity contribution >= 4 is 0 Å². The third kappa shape index (κ3) is 6.07. The minimum absolute atomic E-state index is 0.241. The van der Waals surface area contributed by atoms with Crippen LogP contribution in [0.4, 0.5) is 13.2 Å². The maximum atomic E-state index is 12.5. The molecule has 1 unspecified atom stereocenters. The number of nitrogens with zero attached hydrogens (tertiary/aromatic N) is 1. The first-order chi connectivity index (χ1) is 8.79. The monoisotopic (exact) mass is 274 g/mol. The third-order valence-electron chi connectivity index (χ3n) is 2.86. The van der Waals surface area contributed by atoms with E-state index in [4.69, 9.17) is 0 Å². The highest BCUT2D eigenvalue weighted by molar-refractivity contribution is 5.19. The molecule has 0 aliphatic heterocycles. The molecule has 1 atom stereocenters. The molecule has 0 amide bonds. The van der Waals surface area contributed by atoms with Crippen molar-refractivity contribution in [3.05, 3.63) is 35.9 Å². The summed E-state index contributed by atoms with van der Waals surface area (Å²) < 4.78 is 37.6. The summed E-state index contributed by atoms with van der Waals surface area (Å²) in [5.74, 6) is 0. The molecular weight excluding hydrogens is 253 g/mol. The summed E-state index contributed by atoms with van der Waals surface area (Å²) in [6.07, 6.45) is -4.18. The Morgan fingerprint density at radius 3 is 2.21 bits per heavy atom. The van der Waals surface area contributed by atoms with E-state index in [1.54, 1.807) is 0 Å². The molecule has 0 spiro atoms. The molecule has 5 heteroatoms. The summed E-state index contributed by atoms with van der Waals surface area (Å²) in [6, 6.07) is 9.23. The molecule has 1 N–H and O–H groups in total. The Balaban J connectivity index is 2.80. The van der Waals surface area contributed by atoms with Crippen molar-refractivity contribution in [2.75, 3.05) is 20.1 Å². The molecule has 0 saturated heterocycles. The van der Waals surface area contributed by atoms with Gasteiger partial charge in [0, 0.05) is 18.6 Å². The fraction of sp³-hybridized carbons (Fsp3) is 0.571. The van der Waals surface area contributed by atoms with Crippen molar-refractivity contribution in [3.63, 3.8) is 0 Å². The fourth-order valence-electron chi connectivity index (χ4n) is 1.94. The minimum atomic E-state index is -4.18. The average Bonchev–Trinajstić information content (AvgIpc) is 2.27. The van der Waals surface area contributed by atoms with Gasteiger partial charge < -0.3 is 5.32 Å². The number of alkyl halides is 3. The van der Waals surface area contributed by atoms with Gasteiger partial charge in [-0.25, -0.2) is 0 Å². The van der Waals surface area contributed by atoms with Gasteiger partial charge in [-0.3, -0.25) is 4.90 Å². The number of nitrogens with one attached hydrogen (secondary N) is 1. The maximum Gasteiger partial charge on any atom is 0.401 e. The Bertz CT molecular complexity index is 363. The van der Waals surface area contributed by atoms with Gasteiger partial charge in [0.05, 0.1) is 6.54 Å². The predicted molar refractivity (Wildman–Crippen MR) is 71.0 cm³/mol. The molecule has 1 rings (SSSR count). The highest BCUT2D eigenvalue weighted by Crippen LogP contribution is 2.24. The van der Waals surface area contributed by atoms with E-state index in [-0.39, 0.29) is 12.1 Å². The van der Waals surface area contributed by atoms with Crippen LogP contribution in [0, 0.1) is 0 Å². The molecular formula is C14H21F3N2. The lowest BCUT2D eigenvalue weighted by Gasteiger charge is -2.30. The molecule has 0 aliphatic carbocycles. The SMILES string of the molecule is CC(C)NCC(c1ccccc1)N(C)CC(F)(F)F. The van der Waals surface area contributed by atoms with E-state index >= 15 is 0 Å². The van der Waals surface area contributed by atoms with Gasteiger partial charge in [-0.1, -0.05) is 44.2 Å². The second-order valence-corrected chi connectivity index (χ2v) is 5.02. The number of rotatable bonds is 6. The molecule has 0 bridgehead atoms. The van der Waals surface area contributed by atoms with Gasteiger partial charge in [-0.05, 0) is 12.6 Å². The summed E-state index contributed by atoms with van der Waals surface area (Å²) in [5.41, 5.74) is 0.891. The number of halogens is 3. The van der Waals surface area contributed by atoms with Crippen molar-refractivity contribution in [3.8, 4) is 0 Å². The van der Waals surface area contributed by atoms with E-state index < -0.39 is 12.7 Å². The number of hydrogen-bond donors (Lipinski definition) is 1. The molecule has 0 aliphatic rings. The van der Waals surface area contributed by atoms with Crippen LogP contribution in [0.5, 0.6) is 0 Å². The van der Waals surface area contributed by atoms with Crippen molar-refractivity contribution in [2.24, 2.45) is 0 Å². The Morgan fingerprint density at radius 2 is 1.74 bits per heavy atom. The Labute approximate surface area is 112 Å². The lowest BCUT2D eigenvalue weighted by molar-refractivity contribution is -0.147. The highest BCUT2D eigenvalue weighted by Gasteiger charge is 2.32. The van der Waals surface area contributed by atoms with Gasteiger partial charge in [0.2, 0.25) is 0 Å². The Morgan fingerprint density at radius 1 is 1.16 bits per heavy atom. The smallest absolute Gasteiger partial charge is 0.313 e. The van der Waals surface area contributed by atoms with Crippen molar-refractivity contribution in [1.29, 1.82) is 0 Å². The second kappa shape index (κ2) is 6.91.